The number of fused-ring (bicyclic) bond motifs is 5. The molecule has 2 saturated carbocycles. The summed E-state index contributed by atoms with van der Waals surface area (Å²) >= 11 is 0. The van der Waals surface area contributed by atoms with Crippen LogP contribution in [0.3, 0.4) is 0 Å². The fraction of sp³-hybridized carbons (Fsp3) is 0.708. The summed E-state index contributed by atoms with van der Waals surface area (Å²) in [5.74, 6) is 1.98. The van der Waals surface area contributed by atoms with Crippen LogP contribution in [0.1, 0.15) is 65.2 Å². The molecule has 0 spiro atoms. The van der Waals surface area contributed by atoms with Crippen LogP contribution in [-0.4, -0.2) is 24.3 Å². The maximum Gasteiger partial charge on any atom is 0.330 e. The van der Waals surface area contributed by atoms with E-state index in [1.807, 2.05) is 6.08 Å². The number of allylic oxidation sites excluding steroid dienone is 4. The molecule has 0 aromatic carbocycles. The maximum absolute atomic E-state index is 11.4. The quantitative estimate of drug-likeness (QED) is 0.434. The Morgan fingerprint density at radius 1 is 1.19 bits per heavy atom. The largest absolute Gasteiger partial charge is 0.466 e. The zero-order chi connectivity index (χ0) is 19.2. The van der Waals surface area contributed by atoms with Crippen LogP contribution in [0.5, 0.6) is 0 Å². The Bertz CT molecular complexity index is 702. The number of ether oxygens (including phenoxy) is 1. The number of carbonyl (C=O) groups is 1. The summed E-state index contributed by atoms with van der Waals surface area (Å²) in [6, 6.07) is 0. The minimum atomic E-state index is -0.267. The second-order valence-electron chi connectivity index (χ2n) is 9.71. The number of esters is 1. The van der Waals surface area contributed by atoms with Gasteiger partial charge in [0.25, 0.3) is 0 Å². The third-order valence-corrected chi connectivity index (χ3v) is 8.61. The van der Waals surface area contributed by atoms with Gasteiger partial charge in [0.15, 0.2) is 0 Å². The number of hydrogen-bond acceptors (Lipinski definition) is 3. The molecule has 148 valence electrons. The highest BCUT2D eigenvalue weighted by Crippen LogP contribution is 2.65. The monoisotopic (exact) mass is 370 g/mol. The van der Waals surface area contributed by atoms with Gasteiger partial charge in [0, 0.05) is 6.08 Å². The summed E-state index contributed by atoms with van der Waals surface area (Å²) in [6.07, 6.45) is 17.1. The Kier molecular flexibility index (Phi) is 4.86. The zero-order valence-electron chi connectivity index (χ0n) is 17.0. The Labute approximate surface area is 163 Å². The highest BCUT2D eigenvalue weighted by molar-refractivity contribution is 5.81. The first-order chi connectivity index (χ1) is 12.9. The summed E-state index contributed by atoms with van der Waals surface area (Å²) in [5, 5.41) is 10.1. The van der Waals surface area contributed by atoms with Gasteiger partial charge in [-0.25, -0.2) is 4.79 Å². The summed E-state index contributed by atoms with van der Waals surface area (Å²) in [4.78, 5) is 11.4. The average molecular weight is 371 g/mol. The first-order valence-electron chi connectivity index (χ1n) is 10.7. The minimum Gasteiger partial charge on any atom is -0.466 e. The molecule has 2 fully saturated rings. The second-order valence-corrected chi connectivity index (χ2v) is 9.71. The molecule has 27 heavy (non-hydrogen) atoms. The molecule has 0 aliphatic heterocycles. The first-order valence-corrected chi connectivity index (χ1v) is 10.7. The van der Waals surface area contributed by atoms with Crippen molar-refractivity contribution in [2.24, 2.45) is 28.6 Å². The summed E-state index contributed by atoms with van der Waals surface area (Å²) in [6.45, 7) is 4.94. The van der Waals surface area contributed by atoms with E-state index in [2.05, 4.69) is 26.0 Å². The number of hydrogen-bond donors (Lipinski definition) is 1. The fourth-order valence-corrected chi connectivity index (χ4v) is 6.96. The van der Waals surface area contributed by atoms with E-state index in [0.717, 1.165) is 43.4 Å². The molecule has 0 bridgehead atoms. The van der Waals surface area contributed by atoms with Crippen LogP contribution >= 0.6 is 0 Å². The van der Waals surface area contributed by atoms with Gasteiger partial charge in [0.2, 0.25) is 0 Å². The predicted molar refractivity (Wildman–Crippen MR) is 107 cm³/mol. The van der Waals surface area contributed by atoms with Crippen molar-refractivity contribution in [1.29, 1.82) is 0 Å². The van der Waals surface area contributed by atoms with E-state index in [4.69, 9.17) is 4.74 Å². The highest BCUT2D eigenvalue weighted by atomic mass is 16.5. The van der Waals surface area contributed by atoms with E-state index in [-0.39, 0.29) is 17.5 Å². The molecule has 0 heterocycles. The lowest BCUT2D eigenvalue weighted by Crippen LogP contribution is -2.49. The highest BCUT2D eigenvalue weighted by Gasteiger charge is 2.56. The second kappa shape index (κ2) is 6.92. The van der Waals surface area contributed by atoms with Crippen molar-refractivity contribution < 1.29 is 14.6 Å². The van der Waals surface area contributed by atoms with Gasteiger partial charge in [0.1, 0.15) is 0 Å². The van der Waals surface area contributed by atoms with Crippen LogP contribution in [0, 0.1) is 28.6 Å². The normalized spacial score (nSPS) is 43.4. The van der Waals surface area contributed by atoms with Crippen molar-refractivity contribution in [1.82, 2.24) is 0 Å². The Hall–Kier alpha value is -1.35. The van der Waals surface area contributed by atoms with Crippen LogP contribution in [-0.2, 0) is 9.53 Å². The molecule has 0 aromatic rings. The molecule has 1 N–H and O–H groups in total. The SMILES string of the molecule is COC(=O)/C=C/CC1=CC[C@H]2[C@@H]3CC=C4C[C@@H](O)CC[C@]4(C)[C@H]3CC[C@]12C. The summed E-state index contributed by atoms with van der Waals surface area (Å²) in [7, 11) is 1.43. The molecule has 0 saturated heterocycles. The number of aliphatic hydroxyl groups is 1. The van der Waals surface area contributed by atoms with E-state index in [1.54, 1.807) is 11.6 Å². The average Bonchev–Trinajstić information content (AvgIpc) is 2.99. The predicted octanol–water partition coefficient (Wildman–Crippen LogP) is 4.97. The van der Waals surface area contributed by atoms with Crippen LogP contribution in [0.25, 0.3) is 0 Å². The lowest BCUT2D eigenvalue weighted by molar-refractivity contribution is -0.134. The van der Waals surface area contributed by atoms with Gasteiger partial charge in [-0.05, 0) is 80.0 Å². The summed E-state index contributed by atoms with van der Waals surface area (Å²) in [5.41, 5.74) is 3.64. The number of rotatable bonds is 3. The van der Waals surface area contributed by atoms with Gasteiger partial charge in [-0.3, -0.25) is 0 Å². The standard InChI is InChI=1S/C24H34O3/c1-23-14-12-21-19(9-7-17-15-18(25)11-13-24(17,21)2)20(23)10-8-16(23)5-4-6-22(26)27-3/h4,6-8,18-21,25H,5,9-15H2,1-3H3/b6-4+/t18-,19-,20-,21-,23+,24-/m0/s1. The minimum absolute atomic E-state index is 0.129. The van der Waals surface area contributed by atoms with E-state index in [9.17, 15) is 9.90 Å². The van der Waals surface area contributed by atoms with Gasteiger partial charge in [-0.1, -0.05) is 43.2 Å². The molecule has 4 aliphatic carbocycles. The van der Waals surface area contributed by atoms with Gasteiger partial charge in [-0.15, -0.1) is 0 Å². The first kappa shape index (κ1) is 19.0. The topological polar surface area (TPSA) is 46.5 Å². The Morgan fingerprint density at radius 2 is 1.96 bits per heavy atom. The molecule has 6 atom stereocenters. The van der Waals surface area contributed by atoms with Crippen molar-refractivity contribution in [3.63, 3.8) is 0 Å². The van der Waals surface area contributed by atoms with Crippen molar-refractivity contribution in [2.45, 2.75) is 71.3 Å². The fourth-order valence-electron chi connectivity index (χ4n) is 6.96. The van der Waals surface area contributed by atoms with Crippen molar-refractivity contribution in [3.05, 3.63) is 35.5 Å². The van der Waals surface area contributed by atoms with Gasteiger partial charge >= 0.3 is 5.97 Å². The maximum atomic E-state index is 11.4. The van der Waals surface area contributed by atoms with Gasteiger partial charge in [-0.2, -0.15) is 0 Å². The lowest BCUT2D eigenvalue weighted by atomic mass is 9.47. The van der Waals surface area contributed by atoms with E-state index in [1.165, 1.54) is 38.4 Å². The van der Waals surface area contributed by atoms with Crippen LogP contribution in [0.4, 0.5) is 0 Å². The molecule has 0 aromatic heterocycles. The van der Waals surface area contributed by atoms with Crippen molar-refractivity contribution in [2.75, 3.05) is 7.11 Å². The number of methoxy groups -OCH3 is 1. The number of aliphatic hydroxyl groups excluding tert-OH is 1. The smallest absolute Gasteiger partial charge is 0.330 e. The lowest BCUT2D eigenvalue weighted by Gasteiger charge is -2.57. The molecular formula is C24H34O3. The van der Waals surface area contributed by atoms with Crippen molar-refractivity contribution in [3.8, 4) is 0 Å². The zero-order valence-corrected chi connectivity index (χ0v) is 17.0. The summed E-state index contributed by atoms with van der Waals surface area (Å²) < 4.78 is 4.72. The van der Waals surface area contributed by atoms with Crippen molar-refractivity contribution >= 4 is 5.97 Å². The van der Waals surface area contributed by atoms with E-state index >= 15 is 0 Å². The molecule has 4 aliphatic rings. The molecule has 0 radical (unpaired) electrons. The third kappa shape index (κ3) is 3.03. The molecule has 3 nitrogen and oxygen atoms in total. The van der Waals surface area contributed by atoms with Crippen LogP contribution in [0.2, 0.25) is 0 Å². The number of carbonyl (C=O) groups excluding carboxylic acids is 1. The Balaban J connectivity index is 1.53. The van der Waals surface area contributed by atoms with E-state index < -0.39 is 0 Å². The molecular weight excluding hydrogens is 336 g/mol. The van der Waals surface area contributed by atoms with Crippen LogP contribution < -0.4 is 0 Å². The molecule has 4 rings (SSSR count). The Morgan fingerprint density at radius 3 is 2.74 bits per heavy atom. The molecule has 0 amide bonds. The van der Waals surface area contributed by atoms with Gasteiger partial charge < -0.3 is 9.84 Å². The molecule has 0 unspecified atom stereocenters. The van der Waals surface area contributed by atoms with E-state index in [0.29, 0.717) is 5.41 Å². The third-order valence-electron chi connectivity index (χ3n) is 8.61. The van der Waals surface area contributed by atoms with Crippen LogP contribution in [0.15, 0.2) is 35.5 Å². The molecule has 3 heteroatoms. The van der Waals surface area contributed by atoms with Gasteiger partial charge in [0.05, 0.1) is 13.2 Å².